The molecule has 0 aliphatic carbocycles. The number of nitrogens with zero attached hydrogens (tertiary/aromatic N) is 1. The molecule has 0 aromatic carbocycles. The normalized spacial score (nSPS) is 27.9. The minimum atomic E-state index is -0.891. The molecule has 0 aromatic rings. The second-order valence-electron chi connectivity index (χ2n) is 6.26. The van der Waals surface area contributed by atoms with Crippen molar-refractivity contribution in [3.63, 3.8) is 0 Å². The molecular formula is C13H27N3O2. The van der Waals surface area contributed by atoms with Crippen LogP contribution in [0.25, 0.3) is 0 Å². The highest BCUT2D eigenvalue weighted by Gasteiger charge is 2.35. The molecule has 2 atom stereocenters. The second-order valence-corrected chi connectivity index (χ2v) is 6.26. The maximum Gasteiger partial charge on any atom is 0.227 e. The van der Waals surface area contributed by atoms with Crippen LogP contribution >= 0.6 is 0 Å². The molecule has 1 aliphatic heterocycles. The summed E-state index contributed by atoms with van der Waals surface area (Å²) < 4.78 is 0. The molecular weight excluding hydrogens is 230 g/mol. The molecule has 1 fully saturated rings. The highest BCUT2D eigenvalue weighted by Crippen LogP contribution is 2.25. The Hall–Kier alpha value is -0.650. The predicted molar refractivity (Wildman–Crippen MR) is 72.4 cm³/mol. The van der Waals surface area contributed by atoms with E-state index in [1.54, 1.807) is 6.92 Å². The van der Waals surface area contributed by atoms with Gasteiger partial charge in [-0.05, 0) is 47.3 Å². The zero-order valence-electron chi connectivity index (χ0n) is 12.0. The van der Waals surface area contributed by atoms with E-state index in [-0.39, 0.29) is 11.3 Å². The summed E-state index contributed by atoms with van der Waals surface area (Å²) in [5.74, 6) is 0.0359. The first kappa shape index (κ1) is 15.4. The minimum Gasteiger partial charge on any atom is -0.387 e. The Bertz CT molecular complexity index is 284. The molecule has 0 saturated carbocycles. The molecule has 1 aliphatic rings. The molecule has 0 spiro atoms. The van der Waals surface area contributed by atoms with E-state index in [9.17, 15) is 9.90 Å². The zero-order valence-corrected chi connectivity index (χ0v) is 12.0. The zero-order chi connectivity index (χ0) is 13.8. The molecule has 1 amide bonds. The third kappa shape index (κ3) is 4.55. The van der Waals surface area contributed by atoms with E-state index in [0.29, 0.717) is 19.6 Å². The smallest absolute Gasteiger partial charge is 0.227 e. The number of rotatable bonds is 5. The summed E-state index contributed by atoms with van der Waals surface area (Å²) in [6, 6.07) is 0. The summed E-state index contributed by atoms with van der Waals surface area (Å²) in [6.07, 6.45) is 1.93. The Balaban J connectivity index is 2.45. The van der Waals surface area contributed by atoms with Crippen molar-refractivity contribution in [3.8, 4) is 0 Å². The van der Waals surface area contributed by atoms with Crippen LogP contribution in [-0.4, -0.2) is 61.8 Å². The molecule has 1 heterocycles. The van der Waals surface area contributed by atoms with Gasteiger partial charge in [-0.25, -0.2) is 0 Å². The number of aliphatic hydroxyl groups is 1. The molecule has 18 heavy (non-hydrogen) atoms. The first-order valence-electron chi connectivity index (χ1n) is 6.61. The van der Waals surface area contributed by atoms with Crippen molar-refractivity contribution in [1.29, 1.82) is 0 Å². The summed E-state index contributed by atoms with van der Waals surface area (Å²) in [6.45, 7) is 6.25. The summed E-state index contributed by atoms with van der Waals surface area (Å²) in [5.41, 5.74) is -1.23. The van der Waals surface area contributed by atoms with E-state index in [0.717, 1.165) is 19.4 Å². The molecule has 5 nitrogen and oxygen atoms in total. The predicted octanol–water partition coefficient (Wildman–Crippen LogP) is -0.195. The monoisotopic (exact) mass is 257 g/mol. The molecule has 0 aromatic heterocycles. The highest BCUT2D eigenvalue weighted by molar-refractivity contribution is 5.82. The van der Waals surface area contributed by atoms with Crippen LogP contribution in [-0.2, 0) is 4.79 Å². The quantitative estimate of drug-likeness (QED) is 0.638. The fourth-order valence-electron chi connectivity index (χ4n) is 2.47. The fourth-order valence-corrected chi connectivity index (χ4v) is 2.47. The lowest BCUT2D eigenvalue weighted by molar-refractivity contribution is -0.132. The summed E-state index contributed by atoms with van der Waals surface area (Å²) in [4.78, 5) is 14.1. The van der Waals surface area contributed by atoms with Gasteiger partial charge in [0.1, 0.15) is 0 Å². The van der Waals surface area contributed by atoms with Crippen molar-refractivity contribution in [2.24, 2.45) is 5.41 Å². The fraction of sp³-hybridized carbons (Fsp3) is 0.923. The Morgan fingerprint density at radius 2 is 2.22 bits per heavy atom. The Morgan fingerprint density at radius 3 is 2.72 bits per heavy atom. The lowest BCUT2D eigenvalue weighted by atomic mass is 9.82. The van der Waals surface area contributed by atoms with Crippen molar-refractivity contribution in [2.45, 2.75) is 32.3 Å². The van der Waals surface area contributed by atoms with Crippen LogP contribution in [0.15, 0.2) is 0 Å². The van der Waals surface area contributed by atoms with Gasteiger partial charge < -0.3 is 20.6 Å². The van der Waals surface area contributed by atoms with Crippen LogP contribution in [0, 0.1) is 5.41 Å². The minimum absolute atomic E-state index is 0.0359. The van der Waals surface area contributed by atoms with Crippen LogP contribution in [0.1, 0.15) is 26.7 Å². The van der Waals surface area contributed by atoms with Gasteiger partial charge in [-0.2, -0.15) is 0 Å². The molecule has 5 heteroatoms. The van der Waals surface area contributed by atoms with Gasteiger partial charge in [-0.15, -0.1) is 0 Å². The van der Waals surface area contributed by atoms with Gasteiger partial charge in [0.2, 0.25) is 5.91 Å². The number of carbonyl (C=O) groups excluding carboxylic acids is 1. The number of hydrogen-bond acceptors (Lipinski definition) is 4. The molecule has 0 radical (unpaired) electrons. The number of amides is 1. The van der Waals surface area contributed by atoms with Gasteiger partial charge in [0.15, 0.2) is 0 Å². The van der Waals surface area contributed by atoms with Crippen LogP contribution in [0.4, 0.5) is 0 Å². The van der Waals surface area contributed by atoms with Crippen LogP contribution < -0.4 is 10.6 Å². The molecule has 1 saturated heterocycles. The second kappa shape index (κ2) is 5.99. The van der Waals surface area contributed by atoms with Crippen molar-refractivity contribution in [1.82, 2.24) is 15.5 Å². The van der Waals surface area contributed by atoms with E-state index >= 15 is 0 Å². The Labute approximate surface area is 110 Å². The van der Waals surface area contributed by atoms with Gasteiger partial charge in [0.25, 0.3) is 0 Å². The summed E-state index contributed by atoms with van der Waals surface area (Å²) >= 11 is 0. The average molecular weight is 257 g/mol. The third-order valence-corrected chi connectivity index (χ3v) is 3.43. The van der Waals surface area contributed by atoms with Gasteiger partial charge >= 0.3 is 0 Å². The van der Waals surface area contributed by atoms with Crippen LogP contribution in [0.2, 0.25) is 0 Å². The number of likely N-dealkylation sites (N-methyl/N-ethyl adjacent to an activating group) is 1. The van der Waals surface area contributed by atoms with E-state index in [1.807, 2.05) is 25.9 Å². The lowest BCUT2D eigenvalue weighted by Gasteiger charge is -2.34. The maximum atomic E-state index is 12.2. The standard InChI is InChI=1S/C13H27N3O2/c1-12(6-5-7-14-8-12)11(17)15-9-13(2,18)10-16(3)4/h14,18H,5-10H2,1-4H3,(H,15,17). The van der Waals surface area contributed by atoms with Gasteiger partial charge in [-0.1, -0.05) is 0 Å². The van der Waals surface area contributed by atoms with Crippen molar-refractivity contribution < 1.29 is 9.90 Å². The van der Waals surface area contributed by atoms with E-state index in [2.05, 4.69) is 10.6 Å². The van der Waals surface area contributed by atoms with E-state index in [1.165, 1.54) is 0 Å². The molecule has 2 unspecified atom stereocenters. The van der Waals surface area contributed by atoms with Gasteiger partial charge in [0, 0.05) is 19.6 Å². The molecule has 1 rings (SSSR count). The van der Waals surface area contributed by atoms with E-state index < -0.39 is 5.60 Å². The van der Waals surface area contributed by atoms with Crippen molar-refractivity contribution in [2.75, 3.05) is 40.3 Å². The third-order valence-electron chi connectivity index (χ3n) is 3.43. The van der Waals surface area contributed by atoms with Crippen molar-refractivity contribution >= 4 is 5.91 Å². The van der Waals surface area contributed by atoms with E-state index in [4.69, 9.17) is 0 Å². The summed E-state index contributed by atoms with van der Waals surface area (Å²) in [5, 5.41) is 16.3. The Morgan fingerprint density at radius 1 is 1.56 bits per heavy atom. The lowest BCUT2D eigenvalue weighted by Crippen LogP contribution is -2.53. The van der Waals surface area contributed by atoms with Crippen LogP contribution in [0.3, 0.4) is 0 Å². The average Bonchev–Trinajstić information content (AvgIpc) is 2.25. The topological polar surface area (TPSA) is 64.6 Å². The Kier molecular flexibility index (Phi) is 5.13. The van der Waals surface area contributed by atoms with Crippen LogP contribution in [0.5, 0.6) is 0 Å². The van der Waals surface area contributed by atoms with Crippen molar-refractivity contribution in [3.05, 3.63) is 0 Å². The van der Waals surface area contributed by atoms with Gasteiger partial charge in [0.05, 0.1) is 11.0 Å². The maximum absolute atomic E-state index is 12.2. The number of carbonyl (C=O) groups is 1. The summed E-state index contributed by atoms with van der Waals surface area (Å²) in [7, 11) is 3.81. The molecule has 106 valence electrons. The number of hydrogen-bond donors (Lipinski definition) is 3. The number of piperidine rings is 1. The SMILES string of the molecule is CN(C)CC(C)(O)CNC(=O)C1(C)CCCNC1. The molecule has 3 N–H and O–H groups in total. The largest absolute Gasteiger partial charge is 0.387 e. The first-order valence-corrected chi connectivity index (χ1v) is 6.61. The first-order chi connectivity index (χ1) is 8.25. The highest BCUT2D eigenvalue weighted by atomic mass is 16.3. The number of nitrogens with one attached hydrogen (secondary N) is 2. The van der Waals surface area contributed by atoms with Gasteiger partial charge in [-0.3, -0.25) is 4.79 Å². The molecule has 0 bridgehead atoms.